The summed E-state index contributed by atoms with van der Waals surface area (Å²) in [5.74, 6) is 2.34. The van der Waals surface area contributed by atoms with Crippen LogP contribution in [0.25, 0.3) is 0 Å². The topological polar surface area (TPSA) is 32.3 Å². The summed E-state index contributed by atoms with van der Waals surface area (Å²) < 4.78 is 0. The van der Waals surface area contributed by atoms with Crippen LogP contribution in [0.2, 0.25) is 0 Å². The standard InChI is InChI=1S/C16H26N2O/c19-16(13-10-11-4-5-12(13)9-11)17-14-6-8-18-7-2-1-3-15(14)18/h11-15H,1-10H2,(H,17,19)/t11-,12-,13+,14+,15-/m0/s1. The minimum Gasteiger partial charge on any atom is -0.351 e. The number of hydrogen-bond acceptors (Lipinski definition) is 2. The maximum absolute atomic E-state index is 12.5. The Bertz CT molecular complexity index is 370. The predicted octanol–water partition coefficient (Wildman–Crippen LogP) is 2.17. The van der Waals surface area contributed by atoms with E-state index in [9.17, 15) is 4.79 Å². The molecule has 4 fully saturated rings. The molecule has 4 aliphatic rings. The van der Waals surface area contributed by atoms with Gasteiger partial charge < -0.3 is 5.32 Å². The Hall–Kier alpha value is -0.570. The van der Waals surface area contributed by atoms with Crippen molar-refractivity contribution in [1.82, 2.24) is 10.2 Å². The fourth-order valence-corrected chi connectivity index (χ4v) is 5.27. The zero-order valence-corrected chi connectivity index (χ0v) is 11.8. The fourth-order valence-electron chi connectivity index (χ4n) is 5.27. The van der Waals surface area contributed by atoms with Gasteiger partial charge in [0, 0.05) is 24.5 Å². The van der Waals surface area contributed by atoms with Crippen LogP contribution in [0.3, 0.4) is 0 Å². The van der Waals surface area contributed by atoms with Crippen molar-refractivity contribution in [2.45, 2.75) is 63.5 Å². The van der Waals surface area contributed by atoms with Gasteiger partial charge in [0.15, 0.2) is 0 Å². The van der Waals surface area contributed by atoms with E-state index in [-0.39, 0.29) is 0 Å². The van der Waals surface area contributed by atoms with Gasteiger partial charge in [-0.25, -0.2) is 0 Å². The van der Waals surface area contributed by atoms with Crippen LogP contribution >= 0.6 is 0 Å². The molecular weight excluding hydrogens is 236 g/mol. The third kappa shape index (κ3) is 2.10. The monoisotopic (exact) mass is 262 g/mol. The van der Waals surface area contributed by atoms with Gasteiger partial charge in [0.25, 0.3) is 0 Å². The fraction of sp³-hybridized carbons (Fsp3) is 0.938. The van der Waals surface area contributed by atoms with E-state index in [4.69, 9.17) is 0 Å². The van der Waals surface area contributed by atoms with Crippen LogP contribution in [0.1, 0.15) is 51.4 Å². The van der Waals surface area contributed by atoms with E-state index in [1.807, 2.05) is 0 Å². The Labute approximate surface area is 116 Å². The molecule has 2 saturated carbocycles. The number of hydrogen-bond donors (Lipinski definition) is 1. The maximum Gasteiger partial charge on any atom is 0.223 e. The summed E-state index contributed by atoms with van der Waals surface area (Å²) in [7, 11) is 0. The number of carbonyl (C=O) groups excluding carboxylic acids is 1. The van der Waals surface area contributed by atoms with Crippen LogP contribution in [-0.2, 0) is 4.79 Å². The van der Waals surface area contributed by atoms with Gasteiger partial charge in [-0.15, -0.1) is 0 Å². The van der Waals surface area contributed by atoms with Crippen LogP contribution in [0.5, 0.6) is 0 Å². The first-order valence-corrected chi connectivity index (χ1v) is 8.35. The molecule has 2 aliphatic heterocycles. The molecule has 2 heterocycles. The second-order valence-corrected chi connectivity index (χ2v) is 7.28. The number of amides is 1. The average Bonchev–Trinajstić information content (AvgIpc) is 3.14. The number of fused-ring (bicyclic) bond motifs is 3. The minimum absolute atomic E-state index is 0.358. The summed E-state index contributed by atoms with van der Waals surface area (Å²) in [5, 5.41) is 3.42. The van der Waals surface area contributed by atoms with E-state index in [2.05, 4.69) is 10.2 Å². The van der Waals surface area contributed by atoms with Crippen LogP contribution in [0, 0.1) is 17.8 Å². The highest BCUT2D eigenvalue weighted by Crippen LogP contribution is 2.48. The van der Waals surface area contributed by atoms with Crippen molar-refractivity contribution in [2.75, 3.05) is 13.1 Å². The van der Waals surface area contributed by atoms with E-state index < -0.39 is 0 Å². The Morgan fingerprint density at radius 1 is 1.00 bits per heavy atom. The van der Waals surface area contributed by atoms with Gasteiger partial charge in [-0.1, -0.05) is 12.8 Å². The van der Waals surface area contributed by atoms with E-state index >= 15 is 0 Å². The quantitative estimate of drug-likeness (QED) is 0.827. The van der Waals surface area contributed by atoms with Crippen LogP contribution in [0.4, 0.5) is 0 Å². The summed E-state index contributed by atoms with van der Waals surface area (Å²) in [4.78, 5) is 15.1. The molecule has 4 rings (SSSR count). The predicted molar refractivity (Wildman–Crippen MR) is 74.7 cm³/mol. The summed E-state index contributed by atoms with van der Waals surface area (Å²) >= 11 is 0. The summed E-state index contributed by atoms with van der Waals surface area (Å²) in [6.07, 6.45) is 10.4. The SMILES string of the molecule is O=C(N[C@@H]1CCN2CCCC[C@@H]12)[C@@H]1C[C@H]2CC[C@H]1C2. The van der Waals surface area contributed by atoms with Crippen molar-refractivity contribution in [3.05, 3.63) is 0 Å². The second-order valence-electron chi connectivity index (χ2n) is 7.28. The first-order chi connectivity index (χ1) is 9.31. The molecule has 0 aromatic carbocycles. The van der Waals surface area contributed by atoms with Crippen LogP contribution in [-0.4, -0.2) is 36.0 Å². The lowest BCUT2D eigenvalue weighted by molar-refractivity contribution is -0.127. The van der Waals surface area contributed by atoms with Gasteiger partial charge in [0.2, 0.25) is 5.91 Å². The van der Waals surface area contributed by atoms with Gasteiger partial charge in [-0.3, -0.25) is 9.69 Å². The summed E-state index contributed by atoms with van der Waals surface area (Å²) in [6.45, 7) is 2.46. The lowest BCUT2D eigenvalue weighted by atomic mass is 9.87. The zero-order valence-electron chi connectivity index (χ0n) is 11.8. The third-order valence-corrected chi connectivity index (χ3v) is 6.26. The molecule has 2 bridgehead atoms. The number of rotatable bonds is 2. The Morgan fingerprint density at radius 3 is 2.74 bits per heavy atom. The molecule has 0 spiro atoms. The molecule has 2 aliphatic carbocycles. The molecule has 5 atom stereocenters. The molecular formula is C16H26N2O. The zero-order chi connectivity index (χ0) is 12.8. The molecule has 0 radical (unpaired) electrons. The van der Waals surface area contributed by atoms with Crippen LogP contribution < -0.4 is 5.32 Å². The van der Waals surface area contributed by atoms with E-state index in [0.717, 1.165) is 5.92 Å². The minimum atomic E-state index is 0.358. The molecule has 19 heavy (non-hydrogen) atoms. The van der Waals surface area contributed by atoms with E-state index in [1.54, 1.807) is 0 Å². The van der Waals surface area contributed by atoms with Crippen molar-refractivity contribution in [3.63, 3.8) is 0 Å². The van der Waals surface area contributed by atoms with Gasteiger partial charge in [-0.2, -0.15) is 0 Å². The largest absolute Gasteiger partial charge is 0.351 e. The molecule has 3 heteroatoms. The molecule has 0 aromatic rings. The second kappa shape index (κ2) is 4.76. The van der Waals surface area contributed by atoms with Crippen molar-refractivity contribution >= 4 is 5.91 Å². The lowest BCUT2D eigenvalue weighted by Gasteiger charge is -2.33. The maximum atomic E-state index is 12.5. The van der Waals surface area contributed by atoms with Crippen molar-refractivity contribution < 1.29 is 4.79 Å². The summed E-state index contributed by atoms with van der Waals surface area (Å²) in [5.41, 5.74) is 0. The van der Waals surface area contributed by atoms with Gasteiger partial charge in [-0.05, 0) is 56.9 Å². The Morgan fingerprint density at radius 2 is 1.95 bits per heavy atom. The van der Waals surface area contributed by atoms with Crippen molar-refractivity contribution in [2.24, 2.45) is 17.8 Å². The first kappa shape index (κ1) is 12.2. The molecule has 1 N–H and O–H groups in total. The highest BCUT2D eigenvalue weighted by molar-refractivity contribution is 5.80. The molecule has 0 unspecified atom stereocenters. The van der Waals surface area contributed by atoms with Crippen LogP contribution in [0.15, 0.2) is 0 Å². The highest BCUT2D eigenvalue weighted by atomic mass is 16.2. The molecule has 3 nitrogen and oxygen atoms in total. The Balaban J connectivity index is 1.37. The smallest absolute Gasteiger partial charge is 0.223 e. The van der Waals surface area contributed by atoms with Gasteiger partial charge in [0.1, 0.15) is 0 Å². The molecule has 1 amide bonds. The molecule has 106 valence electrons. The molecule has 0 aromatic heterocycles. The van der Waals surface area contributed by atoms with E-state index in [1.165, 1.54) is 64.5 Å². The normalized spacial score (nSPS) is 45.4. The van der Waals surface area contributed by atoms with E-state index in [0.29, 0.717) is 29.8 Å². The van der Waals surface area contributed by atoms with Gasteiger partial charge >= 0.3 is 0 Å². The Kier molecular flexibility index (Phi) is 3.06. The molecule has 2 saturated heterocycles. The number of nitrogens with zero attached hydrogens (tertiary/aromatic N) is 1. The lowest BCUT2D eigenvalue weighted by Crippen LogP contribution is -2.48. The summed E-state index contributed by atoms with van der Waals surface area (Å²) in [6, 6.07) is 1.10. The number of piperidine rings is 1. The average molecular weight is 262 g/mol. The van der Waals surface area contributed by atoms with Gasteiger partial charge in [0.05, 0.1) is 0 Å². The van der Waals surface area contributed by atoms with Crippen molar-refractivity contribution in [3.8, 4) is 0 Å². The third-order valence-electron chi connectivity index (χ3n) is 6.26. The first-order valence-electron chi connectivity index (χ1n) is 8.35. The number of carbonyl (C=O) groups is 1. The highest BCUT2D eigenvalue weighted by Gasteiger charge is 2.44. The number of nitrogens with one attached hydrogen (secondary N) is 1. The van der Waals surface area contributed by atoms with Crippen molar-refractivity contribution in [1.29, 1.82) is 0 Å².